The van der Waals surface area contributed by atoms with Gasteiger partial charge in [-0.25, -0.2) is 4.98 Å². The molecule has 0 fully saturated rings. The van der Waals surface area contributed by atoms with Crippen LogP contribution < -0.4 is 11.1 Å². The van der Waals surface area contributed by atoms with Crippen molar-refractivity contribution in [1.29, 1.82) is 0 Å². The number of nitrogens with zero attached hydrogens (tertiary/aromatic N) is 1. The highest BCUT2D eigenvalue weighted by atomic mass is 16.3. The van der Waals surface area contributed by atoms with Crippen LogP contribution in [-0.2, 0) is 0 Å². The molecule has 90 valence electrons. The van der Waals surface area contributed by atoms with E-state index in [1.807, 2.05) is 24.3 Å². The quantitative estimate of drug-likeness (QED) is 0.755. The first kappa shape index (κ1) is 11.7. The van der Waals surface area contributed by atoms with Crippen molar-refractivity contribution in [2.24, 2.45) is 0 Å². The summed E-state index contributed by atoms with van der Waals surface area (Å²) in [6, 6.07) is 9.56. The molecule has 0 aliphatic heterocycles. The number of anilines is 2. The van der Waals surface area contributed by atoms with Crippen LogP contribution in [-0.4, -0.2) is 22.2 Å². The van der Waals surface area contributed by atoms with E-state index in [0.29, 0.717) is 12.4 Å². The first-order chi connectivity index (χ1) is 7.96. The van der Waals surface area contributed by atoms with E-state index >= 15 is 0 Å². The summed E-state index contributed by atoms with van der Waals surface area (Å²) in [7, 11) is 0. The van der Waals surface area contributed by atoms with E-state index in [-0.39, 0.29) is 0 Å². The molecule has 0 spiro atoms. The predicted octanol–water partition coefficient (Wildman–Crippen LogP) is 2.00. The summed E-state index contributed by atoms with van der Waals surface area (Å²) in [5, 5.41) is 13.9. The summed E-state index contributed by atoms with van der Waals surface area (Å²) in [5.74, 6) is 0.474. The lowest BCUT2D eigenvalue weighted by Crippen LogP contribution is -2.29. The van der Waals surface area contributed by atoms with E-state index < -0.39 is 5.60 Å². The normalized spacial score (nSPS) is 11.7. The zero-order chi connectivity index (χ0) is 12.5. The molecule has 2 aromatic rings. The lowest BCUT2D eigenvalue weighted by Gasteiger charge is -2.19. The Balaban J connectivity index is 2.39. The number of hydrogen-bond acceptors (Lipinski definition) is 4. The number of aromatic nitrogens is 1. The molecule has 0 aliphatic rings. The molecule has 1 aromatic carbocycles. The summed E-state index contributed by atoms with van der Waals surface area (Å²) in [6.07, 6.45) is 0. The zero-order valence-electron chi connectivity index (χ0n) is 10.1. The number of fused-ring (bicyclic) bond motifs is 1. The molecule has 1 heterocycles. The fourth-order valence-corrected chi connectivity index (χ4v) is 1.65. The largest absolute Gasteiger partial charge is 0.389 e. The molecule has 0 unspecified atom stereocenters. The van der Waals surface area contributed by atoms with Crippen molar-refractivity contribution in [3.8, 4) is 0 Å². The third-order valence-electron chi connectivity index (χ3n) is 2.45. The Labute approximate surface area is 100 Å². The molecule has 0 saturated carbocycles. The van der Waals surface area contributed by atoms with E-state index in [4.69, 9.17) is 5.73 Å². The Hall–Kier alpha value is -1.81. The smallest absolute Gasteiger partial charge is 0.126 e. The Kier molecular flexibility index (Phi) is 2.90. The van der Waals surface area contributed by atoms with Gasteiger partial charge < -0.3 is 16.2 Å². The Morgan fingerprint density at radius 1 is 1.35 bits per heavy atom. The van der Waals surface area contributed by atoms with Crippen LogP contribution in [0.5, 0.6) is 0 Å². The van der Waals surface area contributed by atoms with Gasteiger partial charge in [-0.1, -0.05) is 18.2 Å². The summed E-state index contributed by atoms with van der Waals surface area (Å²) in [4.78, 5) is 4.26. The van der Waals surface area contributed by atoms with Crippen LogP contribution in [0.1, 0.15) is 13.8 Å². The van der Waals surface area contributed by atoms with Gasteiger partial charge in [0, 0.05) is 23.7 Å². The van der Waals surface area contributed by atoms with Gasteiger partial charge in [0.05, 0.1) is 11.1 Å². The lowest BCUT2D eigenvalue weighted by atomic mass is 10.1. The number of pyridine rings is 1. The Morgan fingerprint density at radius 3 is 2.76 bits per heavy atom. The molecule has 17 heavy (non-hydrogen) atoms. The van der Waals surface area contributed by atoms with Crippen LogP contribution in [0.4, 0.5) is 11.5 Å². The number of nitrogens with one attached hydrogen (secondary N) is 1. The van der Waals surface area contributed by atoms with Crippen LogP contribution in [0.2, 0.25) is 0 Å². The average Bonchev–Trinajstić information content (AvgIpc) is 2.24. The molecular formula is C13H17N3O. The third-order valence-corrected chi connectivity index (χ3v) is 2.45. The molecular weight excluding hydrogens is 214 g/mol. The van der Waals surface area contributed by atoms with E-state index in [1.54, 1.807) is 19.9 Å². The van der Waals surface area contributed by atoms with Crippen molar-refractivity contribution < 1.29 is 5.11 Å². The van der Waals surface area contributed by atoms with Crippen molar-refractivity contribution >= 4 is 22.4 Å². The average molecular weight is 231 g/mol. The second-order valence-electron chi connectivity index (χ2n) is 4.78. The van der Waals surface area contributed by atoms with E-state index in [1.165, 1.54) is 0 Å². The van der Waals surface area contributed by atoms with E-state index in [0.717, 1.165) is 16.6 Å². The molecule has 2 rings (SSSR count). The second-order valence-corrected chi connectivity index (χ2v) is 4.78. The number of nitrogen functional groups attached to an aromatic ring is 1. The Bertz CT molecular complexity index is 532. The molecule has 0 radical (unpaired) electrons. The molecule has 0 saturated heterocycles. The van der Waals surface area contributed by atoms with Gasteiger partial charge in [0.15, 0.2) is 0 Å². The highest BCUT2D eigenvalue weighted by Gasteiger charge is 2.13. The number of hydrogen-bond donors (Lipinski definition) is 3. The molecule has 4 N–H and O–H groups in total. The molecule has 0 atom stereocenters. The first-order valence-corrected chi connectivity index (χ1v) is 5.57. The topological polar surface area (TPSA) is 71.2 Å². The standard InChI is InChI=1S/C13H17N3O/c1-13(2,17)8-15-11-7-12(14)16-10-6-4-3-5-9(10)11/h3-7,17H,8H2,1-2H3,(H3,14,15,16). The van der Waals surface area contributed by atoms with E-state index in [9.17, 15) is 5.11 Å². The minimum atomic E-state index is -0.765. The predicted molar refractivity (Wildman–Crippen MR) is 70.9 cm³/mol. The third kappa shape index (κ3) is 2.85. The molecule has 1 aromatic heterocycles. The minimum Gasteiger partial charge on any atom is -0.389 e. The maximum absolute atomic E-state index is 9.71. The lowest BCUT2D eigenvalue weighted by molar-refractivity contribution is 0.0945. The van der Waals surface area contributed by atoms with Crippen LogP contribution in [0, 0.1) is 0 Å². The van der Waals surface area contributed by atoms with Crippen LogP contribution in [0.15, 0.2) is 30.3 Å². The number of para-hydroxylation sites is 1. The van der Waals surface area contributed by atoms with Crippen molar-refractivity contribution in [2.75, 3.05) is 17.6 Å². The highest BCUT2D eigenvalue weighted by molar-refractivity contribution is 5.92. The maximum Gasteiger partial charge on any atom is 0.126 e. The van der Waals surface area contributed by atoms with Gasteiger partial charge in [0.25, 0.3) is 0 Å². The van der Waals surface area contributed by atoms with Crippen LogP contribution in [0.3, 0.4) is 0 Å². The van der Waals surface area contributed by atoms with E-state index in [2.05, 4.69) is 10.3 Å². The molecule has 4 heteroatoms. The number of aliphatic hydroxyl groups is 1. The molecule has 0 amide bonds. The van der Waals surface area contributed by atoms with Crippen molar-refractivity contribution in [3.63, 3.8) is 0 Å². The minimum absolute atomic E-state index is 0.459. The van der Waals surface area contributed by atoms with Gasteiger partial charge in [-0.15, -0.1) is 0 Å². The molecule has 0 bridgehead atoms. The number of benzene rings is 1. The molecule has 0 aliphatic carbocycles. The second kappa shape index (κ2) is 4.22. The SMILES string of the molecule is CC(C)(O)CNc1cc(N)nc2ccccc12. The number of rotatable bonds is 3. The monoisotopic (exact) mass is 231 g/mol. The van der Waals surface area contributed by atoms with Gasteiger partial charge in [-0.2, -0.15) is 0 Å². The van der Waals surface area contributed by atoms with Crippen molar-refractivity contribution in [2.45, 2.75) is 19.4 Å². The van der Waals surface area contributed by atoms with Gasteiger partial charge in [0.1, 0.15) is 5.82 Å². The maximum atomic E-state index is 9.71. The Morgan fingerprint density at radius 2 is 2.06 bits per heavy atom. The van der Waals surface area contributed by atoms with Crippen molar-refractivity contribution in [3.05, 3.63) is 30.3 Å². The summed E-state index contributed by atoms with van der Waals surface area (Å²) < 4.78 is 0. The van der Waals surface area contributed by atoms with Gasteiger partial charge in [-0.05, 0) is 19.9 Å². The first-order valence-electron chi connectivity index (χ1n) is 5.57. The fourth-order valence-electron chi connectivity index (χ4n) is 1.65. The van der Waals surface area contributed by atoms with Gasteiger partial charge >= 0.3 is 0 Å². The fraction of sp³-hybridized carbons (Fsp3) is 0.308. The zero-order valence-corrected chi connectivity index (χ0v) is 10.1. The highest BCUT2D eigenvalue weighted by Crippen LogP contribution is 2.24. The summed E-state index contributed by atoms with van der Waals surface area (Å²) in [6.45, 7) is 3.97. The van der Waals surface area contributed by atoms with Gasteiger partial charge in [-0.3, -0.25) is 0 Å². The molecule has 4 nitrogen and oxygen atoms in total. The van der Waals surface area contributed by atoms with Gasteiger partial charge in [0.2, 0.25) is 0 Å². The van der Waals surface area contributed by atoms with Crippen LogP contribution in [0.25, 0.3) is 10.9 Å². The van der Waals surface area contributed by atoms with Crippen LogP contribution >= 0.6 is 0 Å². The summed E-state index contributed by atoms with van der Waals surface area (Å²) in [5.41, 5.74) is 6.74. The van der Waals surface area contributed by atoms with Crippen molar-refractivity contribution in [1.82, 2.24) is 4.98 Å². The number of nitrogens with two attached hydrogens (primary N) is 1. The summed E-state index contributed by atoms with van der Waals surface area (Å²) >= 11 is 0.